The van der Waals surface area contributed by atoms with Crippen LogP contribution in [0.4, 0.5) is 0 Å². The van der Waals surface area contributed by atoms with Crippen LogP contribution in [0.3, 0.4) is 0 Å². The fourth-order valence-corrected chi connectivity index (χ4v) is 3.14. The molecule has 1 fully saturated rings. The summed E-state index contributed by atoms with van der Waals surface area (Å²) in [5, 5.41) is 3.70. The van der Waals surface area contributed by atoms with E-state index in [-0.39, 0.29) is 0 Å². The highest BCUT2D eigenvalue weighted by Crippen LogP contribution is 2.21. The van der Waals surface area contributed by atoms with E-state index in [1.807, 2.05) is 0 Å². The van der Waals surface area contributed by atoms with Crippen LogP contribution in [0.5, 0.6) is 0 Å². The van der Waals surface area contributed by atoms with Crippen LogP contribution in [0.15, 0.2) is 0 Å². The molecule has 108 valence electrons. The summed E-state index contributed by atoms with van der Waals surface area (Å²) in [6.45, 7) is 7.03. The predicted octanol–water partition coefficient (Wildman–Crippen LogP) is 3.81. The predicted molar refractivity (Wildman–Crippen MR) is 81.1 cm³/mol. The van der Waals surface area contributed by atoms with E-state index in [4.69, 9.17) is 0 Å². The van der Waals surface area contributed by atoms with Crippen LogP contribution in [0.1, 0.15) is 71.6 Å². The molecule has 0 heterocycles. The van der Waals surface area contributed by atoms with Gasteiger partial charge in [0.2, 0.25) is 0 Å². The number of hydrogen-bond acceptors (Lipinski definition) is 2. The SMILES string of the molecule is CCCC(CC)NCCCN(C)C1CCCCC1. The van der Waals surface area contributed by atoms with Gasteiger partial charge in [-0.05, 0) is 52.2 Å². The molecule has 0 saturated heterocycles. The molecular formula is C16H34N2. The van der Waals surface area contributed by atoms with Crippen molar-refractivity contribution in [1.29, 1.82) is 0 Å². The average molecular weight is 254 g/mol. The maximum atomic E-state index is 3.70. The summed E-state index contributed by atoms with van der Waals surface area (Å²) in [6.07, 6.45) is 12.4. The minimum absolute atomic E-state index is 0.745. The van der Waals surface area contributed by atoms with Gasteiger partial charge in [-0.3, -0.25) is 0 Å². The Morgan fingerprint density at radius 1 is 1.17 bits per heavy atom. The van der Waals surface area contributed by atoms with Gasteiger partial charge in [-0.25, -0.2) is 0 Å². The molecule has 18 heavy (non-hydrogen) atoms. The molecule has 2 nitrogen and oxygen atoms in total. The summed E-state index contributed by atoms with van der Waals surface area (Å²) >= 11 is 0. The molecule has 0 aromatic carbocycles. The first kappa shape index (κ1) is 16.0. The van der Waals surface area contributed by atoms with E-state index < -0.39 is 0 Å². The lowest BCUT2D eigenvalue weighted by Gasteiger charge is -2.31. The van der Waals surface area contributed by atoms with Crippen LogP contribution in [0, 0.1) is 0 Å². The van der Waals surface area contributed by atoms with Crippen molar-refractivity contribution in [3.63, 3.8) is 0 Å². The van der Waals surface area contributed by atoms with E-state index in [2.05, 4.69) is 31.1 Å². The van der Waals surface area contributed by atoms with E-state index in [1.54, 1.807) is 0 Å². The van der Waals surface area contributed by atoms with E-state index in [0.717, 1.165) is 12.1 Å². The molecule has 1 aliphatic rings. The lowest BCUT2D eigenvalue weighted by Crippen LogP contribution is -2.36. The molecule has 0 aromatic heterocycles. The lowest BCUT2D eigenvalue weighted by molar-refractivity contribution is 0.189. The number of hydrogen-bond donors (Lipinski definition) is 1. The molecule has 1 unspecified atom stereocenters. The van der Waals surface area contributed by atoms with Crippen molar-refractivity contribution >= 4 is 0 Å². The highest BCUT2D eigenvalue weighted by Gasteiger charge is 2.17. The standard InChI is InChI=1S/C16H34N2/c1-4-10-15(5-2)17-13-9-14-18(3)16-11-7-6-8-12-16/h15-17H,4-14H2,1-3H3. The molecule has 0 amide bonds. The first-order chi connectivity index (χ1) is 8.77. The molecular weight excluding hydrogens is 220 g/mol. The lowest BCUT2D eigenvalue weighted by atomic mass is 9.94. The first-order valence-electron chi connectivity index (χ1n) is 8.21. The van der Waals surface area contributed by atoms with E-state index in [1.165, 1.54) is 70.9 Å². The fraction of sp³-hybridized carbons (Fsp3) is 1.00. The Kier molecular flexibility index (Phi) is 8.70. The van der Waals surface area contributed by atoms with Crippen LogP contribution < -0.4 is 5.32 Å². The molecule has 1 rings (SSSR count). The van der Waals surface area contributed by atoms with E-state index in [9.17, 15) is 0 Å². The largest absolute Gasteiger partial charge is 0.314 e. The van der Waals surface area contributed by atoms with Crippen molar-refractivity contribution in [2.45, 2.75) is 83.7 Å². The number of nitrogens with one attached hydrogen (secondary N) is 1. The molecule has 1 aliphatic carbocycles. The molecule has 2 heteroatoms. The molecule has 1 N–H and O–H groups in total. The number of nitrogens with zero attached hydrogens (tertiary/aromatic N) is 1. The Balaban J connectivity index is 2.05. The molecule has 0 bridgehead atoms. The Morgan fingerprint density at radius 3 is 2.50 bits per heavy atom. The zero-order valence-corrected chi connectivity index (χ0v) is 12.9. The van der Waals surface area contributed by atoms with Gasteiger partial charge in [0.25, 0.3) is 0 Å². The molecule has 0 aromatic rings. The van der Waals surface area contributed by atoms with Crippen molar-refractivity contribution in [3.05, 3.63) is 0 Å². The Hall–Kier alpha value is -0.0800. The monoisotopic (exact) mass is 254 g/mol. The van der Waals surface area contributed by atoms with Crippen LogP contribution in [0.2, 0.25) is 0 Å². The zero-order chi connectivity index (χ0) is 13.2. The van der Waals surface area contributed by atoms with Crippen LogP contribution in [-0.2, 0) is 0 Å². The van der Waals surface area contributed by atoms with Gasteiger partial charge in [0.05, 0.1) is 0 Å². The van der Waals surface area contributed by atoms with Crippen molar-refractivity contribution in [2.75, 3.05) is 20.1 Å². The second-order valence-corrected chi connectivity index (χ2v) is 5.97. The van der Waals surface area contributed by atoms with Crippen molar-refractivity contribution in [2.24, 2.45) is 0 Å². The van der Waals surface area contributed by atoms with Gasteiger partial charge in [0.15, 0.2) is 0 Å². The van der Waals surface area contributed by atoms with Crippen LogP contribution >= 0.6 is 0 Å². The summed E-state index contributed by atoms with van der Waals surface area (Å²) in [6, 6.07) is 1.62. The van der Waals surface area contributed by atoms with Gasteiger partial charge in [-0.1, -0.05) is 39.5 Å². The molecule has 0 aliphatic heterocycles. The average Bonchev–Trinajstić information content (AvgIpc) is 2.43. The maximum absolute atomic E-state index is 3.70. The third-order valence-corrected chi connectivity index (χ3v) is 4.45. The summed E-state index contributed by atoms with van der Waals surface area (Å²) in [5.41, 5.74) is 0. The zero-order valence-electron chi connectivity index (χ0n) is 12.9. The Morgan fingerprint density at radius 2 is 1.89 bits per heavy atom. The summed E-state index contributed by atoms with van der Waals surface area (Å²) in [4.78, 5) is 2.60. The van der Waals surface area contributed by atoms with Crippen LogP contribution in [-0.4, -0.2) is 37.1 Å². The third kappa shape index (κ3) is 6.19. The molecule has 0 radical (unpaired) electrons. The summed E-state index contributed by atoms with van der Waals surface area (Å²) in [7, 11) is 2.32. The van der Waals surface area contributed by atoms with Gasteiger partial charge in [-0.15, -0.1) is 0 Å². The fourth-order valence-electron chi connectivity index (χ4n) is 3.14. The quantitative estimate of drug-likeness (QED) is 0.629. The highest BCUT2D eigenvalue weighted by molar-refractivity contribution is 4.74. The van der Waals surface area contributed by atoms with Gasteiger partial charge in [0, 0.05) is 12.1 Å². The Labute approximate surface area is 115 Å². The Bertz CT molecular complexity index is 188. The van der Waals surface area contributed by atoms with E-state index in [0.29, 0.717) is 0 Å². The normalized spacial score (nSPS) is 19.3. The topological polar surface area (TPSA) is 15.3 Å². The first-order valence-corrected chi connectivity index (χ1v) is 8.21. The van der Waals surface area contributed by atoms with Gasteiger partial charge in [0.1, 0.15) is 0 Å². The van der Waals surface area contributed by atoms with Gasteiger partial charge < -0.3 is 10.2 Å². The summed E-state index contributed by atoms with van der Waals surface area (Å²) < 4.78 is 0. The minimum Gasteiger partial charge on any atom is -0.314 e. The summed E-state index contributed by atoms with van der Waals surface area (Å²) in [5.74, 6) is 0. The van der Waals surface area contributed by atoms with E-state index >= 15 is 0 Å². The maximum Gasteiger partial charge on any atom is 0.00922 e. The minimum atomic E-state index is 0.745. The smallest absolute Gasteiger partial charge is 0.00922 e. The second-order valence-electron chi connectivity index (χ2n) is 5.97. The van der Waals surface area contributed by atoms with Crippen LogP contribution in [0.25, 0.3) is 0 Å². The third-order valence-electron chi connectivity index (χ3n) is 4.45. The van der Waals surface area contributed by atoms with Gasteiger partial charge in [-0.2, -0.15) is 0 Å². The van der Waals surface area contributed by atoms with Gasteiger partial charge >= 0.3 is 0 Å². The second kappa shape index (κ2) is 9.80. The van der Waals surface area contributed by atoms with Crippen molar-refractivity contribution in [3.8, 4) is 0 Å². The highest BCUT2D eigenvalue weighted by atomic mass is 15.1. The molecule has 1 saturated carbocycles. The molecule has 0 spiro atoms. The van der Waals surface area contributed by atoms with Crippen molar-refractivity contribution in [1.82, 2.24) is 10.2 Å². The van der Waals surface area contributed by atoms with Crippen molar-refractivity contribution < 1.29 is 0 Å². The number of rotatable bonds is 9. The molecule has 1 atom stereocenters.